The Labute approximate surface area is 257 Å². The average molecular weight is 603 g/mol. The van der Waals surface area contributed by atoms with E-state index in [-0.39, 0.29) is 43.3 Å². The van der Waals surface area contributed by atoms with E-state index in [2.05, 4.69) is 21.3 Å². The lowest BCUT2D eigenvalue weighted by molar-refractivity contribution is -0.129. The third-order valence-corrected chi connectivity index (χ3v) is 7.56. The summed E-state index contributed by atoms with van der Waals surface area (Å²) in [7, 11) is 0. The molecule has 1 aliphatic heterocycles. The van der Waals surface area contributed by atoms with Crippen molar-refractivity contribution in [3.8, 4) is 5.75 Å². The fraction of sp³-hybridized carbons (Fsp3) is 0.353. The number of para-hydroxylation sites is 1. The van der Waals surface area contributed by atoms with Gasteiger partial charge in [0.1, 0.15) is 23.7 Å². The van der Waals surface area contributed by atoms with Gasteiger partial charge in [0.15, 0.2) is 0 Å². The number of carbonyl (C=O) groups excluding carboxylic acids is 4. The SMILES string of the molecule is CC(C)(CNC(=O)[C@@H]1CCC(=O)N[C@@H](Cc2ccccc2)C(=O)NCCCOc2ccccc2C(=O)N1)c1ccc(F)cc1. The van der Waals surface area contributed by atoms with Crippen LogP contribution in [0.25, 0.3) is 0 Å². The second-order valence-electron chi connectivity index (χ2n) is 11.5. The van der Waals surface area contributed by atoms with Gasteiger partial charge in [0.2, 0.25) is 17.7 Å². The molecule has 44 heavy (non-hydrogen) atoms. The van der Waals surface area contributed by atoms with Crippen LogP contribution in [-0.2, 0) is 26.2 Å². The highest BCUT2D eigenvalue weighted by Gasteiger charge is 2.28. The molecule has 1 heterocycles. The Morgan fingerprint density at radius 2 is 1.66 bits per heavy atom. The fourth-order valence-corrected chi connectivity index (χ4v) is 4.91. The normalized spacial score (nSPS) is 18.6. The molecule has 0 aromatic heterocycles. The molecule has 0 saturated heterocycles. The van der Waals surface area contributed by atoms with E-state index in [0.29, 0.717) is 25.1 Å². The third kappa shape index (κ3) is 9.13. The smallest absolute Gasteiger partial charge is 0.255 e. The van der Waals surface area contributed by atoms with E-state index < -0.39 is 35.2 Å². The molecule has 4 amide bonds. The lowest BCUT2D eigenvalue weighted by atomic mass is 9.84. The van der Waals surface area contributed by atoms with Crippen LogP contribution >= 0.6 is 0 Å². The van der Waals surface area contributed by atoms with Gasteiger partial charge in [0.05, 0.1) is 12.2 Å². The van der Waals surface area contributed by atoms with Crippen molar-refractivity contribution in [2.45, 2.75) is 57.0 Å². The van der Waals surface area contributed by atoms with E-state index >= 15 is 0 Å². The van der Waals surface area contributed by atoms with Gasteiger partial charge in [-0.05, 0) is 48.2 Å². The second kappa shape index (κ2) is 15.1. The van der Waals surface area contributed by atoms with Crippen molar-refractivity contribution in [1.82, 2.24) is 21.3 Å². The monoisotopic (exact) mass is 602 g/mol. The van der Waals surface area contributed by atoms with E-state index in [9.17, 15) is 23.6 Å². The van der Waals surface area contributed by atoms with E-state index in [1.807, 2.05) is 44.2 Å². The minimum Gasteiger partial charge on any atom is -0.493 e. The minimum atomic E-state index is -1.06. The van der Waals surface area contributed by atoms with Crippen LogP contribution in [0.5, 0.6) is 5.75 Å². The standard InChI is InChI=1S/C34H39FN4O5/c1-34(2,24-13-15-25(35)16-14-24)22-37-32(42)27-17-18-30(40)38-28(21-23-9-4-3-5-10-23)33(43)36-19-8-20-44-29-12-7-6-11-26(29)31(41)39-27/h3-7,9-16,27-28H,8,17-22H2,1-2H3,(H,36,43)(H,37,42)(H,38,40)(H,39,41)/t27-,28-/m0/s1. The number of hydrogen-bond donors (Lipinski definition) is 4. The molecular formula is C34H39FN4O5. The molecule has 0 spiro atoms. The van der Waals surface area contributed by atoms with Crippen LogP contribution in [0.2, 0.25) is 0 Å². The highest BCUT2D eigenvalue weighted by molar-refractivity contribution is 5.99. The van der Waals surface area contributed by atoms with Crippen LogP contribution in [0, 0.1) is 5.82 Å². The first-order valence-corrected chi connectivity index (χ1v) is 14.8. The number of carbonyl (C=O) groups is 4. The summed E-state index contributed by atoms with van der Waals surface area (Å²) in [5.74, 6) is -1.73. The van der Waals surface area contributed by atoms with Crippen molar-refractivity contribution < 1.29 is 28.3 Å². The summed E-state index contributed by atoms with van der Waals surface area (Å²) in [6.45, 7) is 4.59. The van der Waals surface area contributed by atoms with E-state index in [4.69, 9.17) is 4.74 Å². The number of benzene rings is 3. The summed E-state index contributed by atoms with van der Waals surface area (Å²) in [6.07, 6.45) is 0.642. The Bertz CT molecular complexity index is 1450. The Kier molecular flexibility index (Phi) is 11.1. The van der Waals surface area contributed by atoms with Gasteiger partial charge >= 0.3 is 0 Å². The Morgan fingerprint density at radius 1 is 0.955 bits per heavy atom. The molecule has 1 aliphatic rings. The quantitative estimate of drug-likeness (QED) is 0.344. The maximum absolute atomic E-state index is 13.5. The van der Waals surface area contributed by atoms with Crippen molar-refractivity contribution in [1.29, 1.82) is 0 Å². The van der Waals surface area contributed by atoms with Gasteiger partial charge in [-0.15, -0.1) is 0 Å². The number of fused-ring (bicyclic) bond motifs is 1. The average Bonchev–Trinajstić information content (AvgIpc) is 3.01. The van der Waals surface area contributed by atoms with Gasteiger partial charge in [-0.2, -0.15) is 0 Å². The highest BCUT2D eigenvalue weighted by Crippen LogP contribution is 2.23. The fourth-order valence-electron chi connectivity index (χ4n) is 4.91. The number of hydrogen-bond acceptors (Lipinski definition) is 5. The van der Waals surface area contributed by atoms with Crippen LogP contribution in [0.3, 0.4) is 0 Å². The lowest BCUT2D eigenvalue weighted by Gasteiger charge is -2.27. The molecule has 0 aliphatic carbocycles. The molecule has 4 N–H and O–H groups in total. The van der Waals surface area contributed by atoms with Crippen molar-refractivity contribution in [3.05, 3.63) is 101 Å². The molecule has 0 bridgehead atoms. The Hall–Kier alpha value is -4.73. The second-order valence-corrected chi connectivity index (χ2v) is 11.5. The molecule has 0 saturated carbocycles. The zero-order valence-corrected chi connectivity index (χ0v) is 25.0. The molecule has 4 rings (SSSR count). The van der Waals surface area contributed by atoms with E-state index in [1.54, 1.807) is 36.4 Å². The molecule has 0 radical (unpaired) electrons. The molecule has 2 atom stereocenters. The summed E-state index contributed by atoms with van der Waals surface area (Å²) >= 11 is 0. The molecule has 0 fully saturated rings. The summed E-state index contributed by atoms with van der Waals surface area (Å²) in [4.78, 5) is 53.1. The summed E-state index contributed by atoms with van der Waals surface area (Å²) in [5, 5.41) is 11.3. The van der Waals surface area contributed by atoms with Gasteiger partial charge < -0.3 is 26.0 Å². The summed E-state index contributed by atoms with van der Waals surface area (Å²) in [5.41, 5.74) is 1.42. The predicted octanol–water partition coefficient (Wildman–Crippen LogP) is 3.42. The van der Waals surface area contributed by atoms with Crippen LogP contribution in [-0.4, -0.2) is 55.4 Å². The Morgan fingerprint density at radius 3 is 2.41 bits per heavy atom. The number of nitrogens with one attached hydrogen (secondary N) is 4. The minimum absolute atomic E-state index is 0.0108. The maximum atomic E-state index is 13.5. The van der Waals surface area contributed by atoms with Crippen molar-refractivity contribution in [2.75, 3.05) is 19.7 Å². The predicted molar refractivity (Wildman–Crippen MR) is 165 cm³/mol. The van der Waals surface area contributed by atoms with E-state index in [0.717, 1.165) is 11.1 Å². The number of halogens is 1. The van der Waals surface area contributed by atoms with Gasteiger partial charge in [0, 0.05) is 31.3 Å². The molecular weight excluding hydrogens is 563 g/mol. The molecule has 3 aromatic carbocycles. The van der Waals surface area contributed by atoms with Crippen LogP contribution in [0.1, 0.15) is 54.6 Å². The van der Waals surface area contributed by atoms with Gasteiger partial charge in [-0.25, -0.2) is 4.39 Å². The number of amides is 4. The van der Waals surface area contributed by atoms with Crippen LogP contribution in [0.4, 0.5) is 4.39 Å². The zero-order chi connectivity index (χ0) is 31.5. The van der Waals surface area contributed by atoms with Crippen LogP contribution < -0.4 is 26.0 Å². The van der Waals surface area contributed by atoms with E-state index in [1.165, 1.54) is 12.1 Å². The highest BCUT2D eigenvalue weighted by atomic mass is 19.1. The number of ether oxygens (including phenoxy) is 1. The lowest BCUT2D eigenvalue weighted by Crippen LogP contribution is -2.51. The third-order valence-electron chi connectivity index (χ3n) is 7.56. The first-order chi connectivity index (χ1) is 21.1. The number of rotatable bonds is 6. The zero-order valence-electron chi connectivity index (χ0n) is 25.0. The molecule has 10 heteroatoms. The Balaban J connectivity index is 1.53. The molecule has 3 aromatic rings. The van der Waals surface area contributed by atoms with Crippen molar-refractivity contribution >= 4 is 23.6 Å². The molecule has 9 nitrogen and oxygen atoms in total. The first kappa shape index (κ1) is 32.2. The van der Waals surface area contributed by atoms with Gasteiger partial charge in [0.25, 0.3) is 5.91 Å². The van der Waals surface area contributed by atoms with Crippen molar-refractivity contribution in [2.24, 2.45) is 0 Å². The summed E-state index contributed by atoms with van der Waals surface area (Å²) in [6, 6.07) is 20.3. The molecule has 0 unspecified atom stereocenters. The topological polar surface area (TPSA) is 126 Å². The largest absolute Gasteiger partial charge is 0.493 e. The molecule has 232 valence electrons. The van der Waals surface area contributed by atoms with Gasteiger partial charge in [-0.3, -0.25) is 19.2 Å². The van der Waals surface area contributed by atoms with Gasteiger partial charge in [-0.1, -0.05) is 68.4 Å². The van der Waals surface area contributed by atoms with Crippen LogP contribution in [0.15, 0.2) is 78.9 Å². The first-order valence-electron chi connectivity index (χ1n) is 14.8. The van der Waals surface area contributed by atoms with Crippen molar-refractivity contribution in [3.63, 3.8) is 0 Å². The summed E-state index contributed by atoms with van der Waals surface area (Å²) < 4.78 is 19.3. The maximum Gasteiger partial charge on any atom is 0.255 e.